The van der Waals surface area contributed by atoms with Gasteiger partial charge >= 0.3 is 0 Å². The topological polar surface area (TPSA) is 48.2 Å². The molecule has 0 atom stereocenters. The Morgan fingerprint density at radius 2 is 1.02 bits per heavy atom. The minimum atomic E-state index is 0.612. The summed E-state index contributed by atoms with van der Waals surface area (Å²) < 4.78 is 4.83. The third-order valence-electron chi connectivity index (χ3n) is 12.5. The van der Waals surface area contributed by atoms with Gasteiger partial charge in [-0.2, -0.15) is 0 Å². The Morgan fingerprint density at radius 3 is 1.81 bits per heavy atom. The smallest absolute Gasteiger partial charge is 0.0643 e. The number of hydrogen-bond acceptors (Lipinski definition) is 2. The summed E-state index contributed by atoms with van der Waals surface area (Å²) in [5.74, 6) is 0. The van der Waals surface area contributed by atoms with Gasteiger partial charge in [-0.15, -0.1) is 0 Å². The monoisotopic (exact) mass is 822 g/mol. The van der Waals surface area contributed by atoms with E-state index in [0.717, 1.165) is 52.3 Å². The second-order valence-electron chi connectivity index (χ2n) is 16.4. The largest absolute Gasteiger partial charge is 0.399 e. The summed E-state index contributed by atoms with van der Waals surface area (Å²) in [6.07, 6.45) is 3.67. The lowest BCUT2D eigenvalue weighted by molar-refractivity contribution is 1.02. The van der Waals surface area contributed by atoms with Gasteiger partial charge in [0.15, 0.2) is 0 Å². The van der Waals surface area contributed by atoms with Gasteiger partial charge in [0.1, 0.15) is 0 Å². The molecule has 0 aliphatic carbocycles. The van der Waals surface area contributed by atoms with Gasteiger partial charge in [0.05, 0.1) is 28.6 Å². The number of nitrogens with two attached hydrogens (primary N) is 1. The number of aliphatic imine (C=N–C) groups is 1. The van der Waals surface area contributed by atoms with Crippen molar-refractivity contribution in [2.75, 3.05) is 0 Å². The average Bonchev–Trinajstić information content (AvgIpc) is 3.89. The van der Waals surface area contributed by atoms with E-state index in [0.29, 0.717) is 6.54 Å². The molecule has 0 aliphatic heterocycles. The number of fused-ring (bicyclic) bond motifs is 6. The zero-order valence-electron chi connectivity index (χ0n) is 35.5. The van der Waals surface area contributed by atoms with E-state index >= 15 is 0 Å². The molecule has 306 valence electrons. The molecule has 11 aromatic rings. The molecule has 4 nitrogen and oxygen atoms in total. The first kappa shape index (κ1) is 38.7. The molecule has 2 heterocycles. The number of para-hydroxylation sites is 4. The van der Waals surface area contributed by atoms with Gasteiger partial charge in [-0.3, -0.25) is 4.99 Å². The number of aromatic nitrogens is 2. The Morgan fingerprint density at radius 1 is 0.438 bits per heavy atom. The number of allylic oxidation sites excluding steroid dienone is 1. The van der Waals surface area contributed by atoms with Crippen LogP contribution < -0.4 is 5.73 Å². The molecule has 0 aliphatic rings. The molecule has 0 amide bonds. The van der Waals surface area contributed by atoms with Crippen LogP contribution in [0, 0.1) is 0 Å². The van der Waals surface area contributed by atoms with Gasteiger partial charge < -0.3 is 14.9 Å². The van der Waals surface area contributed by atoms with Crippen molar-refractivity contribution in [2.45, 2.75) is 19.4 Å². The average molecular weight is 823 g/mol. The fraction of sp³-hybridized carbons (Fsp3) is 0.0500. The highest BCUT2D eigenvalue weighted by Crippen LogP contribution is 2.40. The summed E-state index contributed by atoms with van der Waals surface area (Å²) in [5.41, 5.74) is 23.5. The summed E-state index contributed by atoms with van der Waals surface area (Å²) in [6, 6.07) is 80.4. The van der Waals surface area contributed by atoms with E-state index in [4.69, 9.17) is 10.7 Å². The van der Waals surface area contributed by atoms with Crippen molar-refractivity contribution >= 4 is 55.0 Å². The van der Waals surface area contributed by atoms with Crippen LogP contribution in [-0.2, 0) is 6.54 Å². The second-order valence-corrected chi connectivity index (χ2v) is 16.4. The standard InChI is InChI=1S/C60H46N4/c61-55(43-20-6-2-7-21-43)32-17-33-56(62-41-42-18-4-1-5-19-42)47-24-14-23-46(38-47)50-30-16-31-53-51-28-10-13-35-58(51)64(60(50)53)49-27-15-22-44(39-49)45-36-37-59-54(40-45)52-29-11-12-34-57(52)63(59)48-25-8-3-9-26-48/h1-16,18-32,34-40H,17,33,41,61H2/b55-32-,62-56+. The SMILES string of the molecule is N/C(=C\CC/C(=N\Cc1ccccc1)c1cccc(-c2cccc3c4ccccc4n(-c4cccc(-c5ccc6c(c5)c5ccccc5n6-c5ccccc5)c4)c23)c1)c1ccccc1. The highest BCUT2D eigenvalue weighted by molar-refractivity contribution is 6.14. The Hall–Kier alpha value is -8.21. The van der Waals surface area contributed by atoms with Gasteiger partial charge in [0, 0.05) is 49.9 Å². The van der Waals surface area contributed by atoms with Gasteiger partial charge in [-0.05, 0) is 101 Å². The van der Waals surface area contributed by atoms with E-state index in [1.54, 1.807) is 0 Å². The molecule has 2 aromatic heterocycles. The van der Waals surface area contributed by atoms with Crippen LogP contribution in [0.1, 0.15) is 29.5 Å². The molecule has 0 saturated carbocycles. The first-order chi connectivity index (χ1) is 31.7. The van der Waals surface area contributed by atoms with Crippen LogP contribution in [-0.4, -0.2) is 14.8 Å². The third-order valence-corrected chi connectivity index (χ3v) is 12.5. The normalized spacial score (nSPS) is 12.2. The third kappa shape index (κ3) is 7.25. The lowest BCUT2D eigenvalue weighted by atomic mass is 9.97. The highest BCUT2D eigenvalue weighted by Gasteiger charge is 2.19. The van der Waals surface area contributed by atoms with Crippen LogP contribution in [0.25, 0.3) is 82.9 Å². The maximum absolute atomic E-state index is 6.56. The number of benzene rings is 9. The van der Waals surface area contributed by atoms with Crippen molar-refractivity contribution in [3.05, 3.63) is 247 Å². The van der Waals surface area contributed by atoms with Crippen LogP contribution in [0.2, 0.25) is 0 Å². The predicted octanol–water partition coefficient (Wildman–Crippen LogP) is 15.0. The van der Waals surface area contributed by atoms with Crippen molar-refractivity contribution < 1.29 is 0 Å². The maximum atomic E-state index is 6.56. The number of rotatable bonds is 11. The van der Waals surface area contributed by atoms with Gasteiger partial charge in [-0.25, -0.2) is 0 Å². The van der Waals surface area contributed by atoms with E-state index in [1.165, 1.54) is 65.9 Å². The van der Waals surface area contributed by atoms with Crippen molar-refractivity contribution in [1.82, 2.24) is 9.13 Å². The quantitative estimate of drug-likeness (QED) is 0.130. The van der Waals surface area contributed by atoms with Crippen molar-refractivity contribution in [3.63, 3.8) is 0 Å². The Balaban J connectivity index is 1.01. The molecular formula is C60H46N4. The molecule has 9 aromatic carbocycles. The van der Waals surface area contributed by atoms with Crippen molar-refractivity contribution in [3.8, 4) is 33.6 Å². The fourth-order valence-corrected chi connectivity index (χ4v) is 9.42. The lowest BCUT2D eigenvalue weighted by Gasteiger charge is -2.14. The summed E-state index contributed by atoms with van der Waals surface area (Å²) in [5, 5.41) is 4.93. The number of nitrogens with zero attached hydrogens (tertiary/aromatic N) is 3. The van der Waals surface area contributed by atoms with Crippen LogP contribution in [0.15, 0.2) is 236 Å². The van der Waals surface area contributed by atoms with E-state index < -0.39 is 0 Å². The molecule has 0 spiro atoms. The zero-order valence-corrected chi connectivity index (χ0v) is 35.5. The fourth-order valence-electron chi connectivity index (χ4n) is 9.42. The minimum Gasteiger partial charge on any atom is -0.399 e. The molecule has 0 saturated heterocycles. The molecule has 0 radical (unpaired) electrons. The molecule has 2 N–H and O–H groups in total. The van der Waals surface area contributed by atoms with E-state index in [1.807, 2.05) is 18.2 Å². The first-order valence-electron chi connectivity index (χ1n) is 22.1. The summed E-state index contributed by atoms with van der Waals surface area (Å²) >= 11 is 0. The maximum Gasteiger partial charge on any atom is 0.0643 e. The van der Waals surface area contributed by atoms with E-state index in [9.17, 15) is 0 Å². The molecule has 0 fully saturated rings. The van der Waals surface area contributed by atoms with Gasteiger partial charge in [0.2, 0.25) is 0 Å². The Kier molecular flexibility index (Phi) is 10.2. The van der Waals surface area contributed by atoms with Crippen LogP contribution >= 0.6 is 0 Å². The van der Waals surface area contributed by atoms with Crippen LogP contribution in [0.5, 0.6) is 0 Å². The van der Waals surface area contributed by atoms with Crippen LogP contribution in [0.4, 0.5) is 0 Å². The summed E-state index contributed by atoms with van der Waals surface area (Å²) in [6.45, 7) is 0.612. The minimum absolute atomic E-state index is 0.612. The second kappa shape index (κ2) is 16.9. The van der Waals surface area contributed by atoms with Gasteiger partial charge in [-0.1, -0.05) is 176 Å². The van der Waals surface area contributed by atoms with Crippen molar-refractivity contribution in [1.29, 1.82) is 0 Å². The molecule has 4 heteroatoms. The molecular weight excluding hydrogens is 777 g/mol. The molecule has 0 bridgehead atoms. The Bertz CT molecular complexity index is 3520. The van der Waals surface area contributed by atoms with Crippen molar-refractivity contribution in [2.24, 2.45) is 10.7 Å². The molecule has 11 rings (SSSR count). The summed E-state index contributed by atoms with van der Waals surface area (Å²) in [7, 11) is 0. The first-order valence-corrected chi connectivity index (χ1v) is 22.1. The van der Waals surface area contributed by atoms with E-state index in [-0.39, 0.29) is 0 Å². The zero-order chi connectivity index (χ0) is 42.8. The van der Waals surface area contributed by atoms with Gasteiger partial charge in [0.25, 0.3) is 0 Å². The Labute approximate surface area is 373 Å². The predicted molar refractivity (Wildman–Crippen MR) is 271 cm³/mol. The lowest BCUT2D eigenvalue weighted by Crippen LogP contribution is -2.03. The molecule has 0 unspecified atom stereocenters. The molecule has 64 heavy (non-hydrogen) atoms. The number of hydrogen-bond donors (Lipinski definition) is 1. The summed E-state index contributed by atoms with van der Waals surface area (Å²) in [4.78, 5) is 5.26. The van der Waals surface area contributed by atoms with E-state index in [2.05, 4.69) is 221 Å². The van der Waals surface area contributed by atoms with Crippen LogP contribution in [0.3, 0.4) is 0 Å². The highest BCUT2D eigenvalue weighted by atomic mass is 15.0.